The van der Waals surface area contributed by atoms with Crippen LogP contribution in [-0.2, 0) is 6.42 Å². The number of rotatable bonds is 1. The summed E-state index contributed by atoms with van der Waals surface area (Å²) in [5.74, 6) is 0.297. The molecule has 0 aliphatic heterocycles. The highest BCUT2D eigenvalue weighted by Crippen LogP contribution is 2.28. The lowest BCUT2D eigenvalue weighted by Gasteiger charge is -2.19. The minimum absolute atomic E-state index is 0.0618. The Morgan fingerprint density at radius 2 is 1.96 bits per heavy atom. The largest absolute Gasteiger partial charge is 0.294 e. The third-order valence-electron chi connectivity index (χ3n) is 4.29. The topological polar surface area (TPSA) is 67.8 Å². The predicted molar refractivity (Wildman–Crippen MR) is 88.5 cm³/mol. The van der Waals surface area contributed by atoms with E-state index in [9.17, 15) is 9.59 Å². The Hall–Kier alpha value is -2.40. The maximum absolute atomic E-state index is 12.8. The van der Waals surface area contributed by atoms with Crippen molar-refractivity contribution in [3.63, 3.8) is 0 Å². The summed E-state index contributed by atoms with van der Waals surface area (Å²) in [6.07, 6.45) is 2.80. The van der Waals surface area contributed by atoms with Gasteiger partial charge < -0.3 is 0 Å². The van der Waals surface area contributed by atoms with Crippen LogP contribution in [0.5, 0.6) is 0 Å². The summed E-state index contributed by atoms with van der Waals surface area (Å²) in [6, 6.07) is 6.98. The smallest absolute Gasteiger partial charge is 0.281 e. The number of aromatic nitrogens is 3. The number of benzene rings is 1. The van der Waals surface area contributed by atoms with E-state index in [0.717, 1.165) is 5.56 Å². The van der Waals surface area contributed by atoms with Crippen molar-refractivity contribution in [2.45, 2.75) is 19.8 Å². The summed E-state index contributed by atoms with van der Waals surface area (Å²) in [7, 11) is 0. The van der Waals surface area contributed by atoms with Gasteiger partial charge in [-0.3, -0.25) is 14.7 Å². The number of fused-ring (bicyclic) bond motifs is 3. The SMILES string of the molecule is C[C@H]1CC(=O)c2cnc3[nH]n(-c4ccc(Cl)cc4)c(=O)c3c2C1. The number of aromatic amines is 1. The fraction of sp³-hybridized carbons (Fsp3) is 0.235. The summed E-state index contributed by atoms with van der Waals surface area (Å²) in [6.45, 7) is 2.03. The standard InChI is InChI=1S/C17H14ClN3O2/c1-9-6-12-13(14(22)7-9)8-19-16-15(12)17(23)21(20-16)11-4-2-10(18)3-5-11/h2-5,8-9H,6-7H2,1H3,(H,19,20)/t9-/m1/s1. The van der Waals surface area contributed by atoms with Gasteiger partial charge in [-0.1, -0.05) is 18.5 Å². The van der Waals surface area contributed by atoms with E-state index in [1.807, 2.05) is 6.92 Å². The Kier molecular flexibility index (Phi) is 3.13. The third-order valence-corrected chi connectivity index (χ3v) is 4.54. The van der Waals surface area contributed by atoms with E-state index < -0.39 is 0 Å². The average molecular weight is 328 g/mol. The van der Waals surface area contributed by atoms with Crippen LogP contribution in [0.25, 0.3) is 16.7 Å². The van der Waals surface area contributed by atoms with Crippen LogP contribution in [0.4, 0.5) is 0 Å². The van der Waals surface area contributed by atoms with E-state index in [1.54, 1.807) is 30.5 Å². The third kappa shape index (κ3) is 2.19. The Labute approximate surface area is 136 Å². The molecule has 0 fully saturated rings. The number of nitrogens with zero attached hydrogens (tertiary/aromatic N) is 2. The molecule has 0 saturated carbocycles. The molecule has 0 amide bonds. The van der Waals surface area contributed by atoms with Gasteiger partial charge in [0, 0.05) is 23.2 Å². The second-order valence-electron chi connectivity index (χ2n) is 6.04. The zero-order chi connectivity index (χ0) is 16.1. The number of H-pyrrole nitrogens is 1. The van der Waals surface area contributed by atoms with Crippen molar-refractivity contribution < 1.29 is 4.79 Å². The Balaban J connectivity index is 1.99. The lowest BCUT2D eigenvalue weighted by Crippen LogP contribution is -2.21. The quantitative estimate of drug-likeness (QED) is 0.746. The van der Waals surface area contributed by atoms with Crippen molar-refractivity contribution in [2.24, 2.45) is 5.92 Å². The Morgan fingerprint density at radius 3 is 2.70 bits per heavy atom. The molecular formula is C17H14ClN3O2. The zero-order valence-electron chi connectivity index (χ0n) is 12.5. The van der Waals surface area contributed by atoms with E-state index in [0.29, 0.717) is 40.1 Å². The lowest BCUT2D eigenvalue weighted by molar-refractivity contribution is 0.0953. The van der Waals surface area contributed by atoms with Crippen molar-refractivity contribution in [2.75, 3.05) is 0 Å². The van der Waals surface area contributed by atoms with Gasteiger partial charge in [-0.2, -0.15) is 0 Å². The molecule has 0 saturated heterocycles. The van der Waals surface area contributed by atoms with Crippen molar-refractivity contribution in [1.29, 1.82) is 0 Å². The molecule has 1 aliphatic carbocycles. The van der Waals surface area contributed by atoms with Gasteiger partial charge in [0.1, 0.15) is 0 Å². The van der Waals surface area contributed by atoms with Gasteiger partial charge in [-0.05, 0) is 42.2 Å². The minimum atomic E-state index is -0.187. The van der Waals surface area contributed by atoms with Crippen molar-refractivity contribution in [1.82, 2.24) is 14.8 Å². The summed E-state index contributed by atoms with van der Waals surface area (Å²) < 4.78 is 1.44. The van der Waals surface area contributed by atoms with E-state index in [4.69, 9.17) is 11.6 Å². The molecule has 1 aliphatic rings. The first-order valence-electron chi connectivity index (χ1n) is 7.46. The fourth-order valence-corrected chi connectivity index (χ4v) is 3.33. The predicted octanol–water partition coefficient (Wildman–Crippen LogP) is 3.13. The molecule has 1 aromatic carbocycles. The van der Waals surface area contributed by atoms with E-state index >= 15 is 0 Å². The Morgan fingerprint density at radius 1 is 1.22 bits per heavy atom. The van der Waals surface area contributed by atoms with Gasteiger partial charge in [-0.25, -0.2) is 9.67 Å². The molecule has 1 N–H and O–H groups in total. The molecule has 3 aromatic rings. The molecule has 2 heterocycles. The molecule has 116 valence electrons. The highest BCUT2D eigenvalue weighted by atomic mass is 35.5. The van der Waals surface area contributed by atoms with Gasteiger partial charge in [0.25, 0.3) is 5.56 Å². The summed E-state index contributed by atoms with van der Waals surface area (Å²) in [4.78, 5) is 29.3. The number of pyridine rings is 1. The highest BCUT2D eigenvalue weighted by Gasteiger charge is 2.27. The van der Waals surface area contributed by atoms with Gasteiger partial charge in [0.2, 0.25) is 0 Å². The molecule has 4 rings (SSSR count). The van der Waals surface area contributed by atoms with Crippen molar-refractivity contribution >= 4 is 28.4 Å². The van der Waals surface area contributed by atoms with Crippen LogP contribution in [0.1, 0.15) is 29.3 Å². The highest BCUT2D eigenvalue weighted by molar-refractivity contribution is 6.30. The molecule has 0 radical (unpaired) electrons. The van der Waals surface area contributed by atoms with Gasteiger partial charge in [0.15, 0.2) is 11.4 Å². The second kappa shape index (κ2) is 5.06. The summed E-state index contributed by atoms with van der Waals surface area (Å²) >= 11 is 5.90. The number of nitrogens with one attached hydrogen (secondary N) is 1. The summed E-state index contributed by atoms with van der Waals surface area (Å²) in [5.41, 5.74) is 2.39. The number of Topliss-reactive ketones (excluding diaryl/α,β-unsaturated/α-hetero) is 1. The van der Waals surface area contributed by atoms with Crippen LogP contribution >= 0.6 is 11.6 Å². The molecule has 1 atom stereocenters. The van der Waals surface area contributed by atoms with Gasteiger partial charge in [-0.15, -0.1) is 0 Å². The normalized spacial score (nSPS) is 17.5. The van der Waals surface area contributed by atoms with E-state index in [1.165, 1.54) is 4.68 Å². The molecule has 5 nitrogen and oxygen atoms in total. The van der Waals surface area contributed by atoms with Gasteiger partial charge >= 0.3 is 0 Å². The van der Waals surface area contributed by atoms with E-state index in [2.05, 4.69) is 10.1 Å². The van der Waals surface area contributed by atoms with Crippen LogP contribution in [0, 0.1) is 5.92 Å². The Bertz CT molecular complexity index is 985. The van der Waals surface area contributed by atoms with E-state index in [-0.39, 0.29) is 17.3 Å². The molecular weight excluding hydrogens is 314 g/mol. The first-order valence-corrected chi connectivity index (χ1v) is 7.84. The minimum Gasteiger partial charge on any atom is -0.294 e. The van der Waals surface area contributed by atoms with Crippen molar-refractivity contribution in [3.05, 3.63) is 57.0 Å². The fourth-order valence-electron chi connectivity index (χ4n) is 3.20. The van der Waals surface area contributed by atoms with Crippen LogP contribution in [-0.4, -0.2) is 20.5 Å². The van der Waals surface area contributed by atoms with Crippen LogP contribution in [0.2, 0.25) is 5.02 Å². The molecule has 0 unspecified atom stereocenters. The number of hydrogen-bond acceptors (Lipinski definition) is 3. The number of carbonyl (C=O) groups excluding carboxylic acids is 1. The lowest BCUT2D eigenvalue weighted by atomic mass is 9.84. The second-order valence-corrected chi connectivity index (χ2v) is 6.48. The number of halogens is 1. The van der Waals surface area contributed by atoms with Crippen LogP contribution in [0.3, 0.4) is 0 Å². The number of carbonyl (C=O) groups is 1. The first-order chi connectivity index (χ1) is 11.0. The molecule has 6 heteroatoms. The number of hydrogen-bond donors (Lipinski definition) is 1. The molecule has 2 aromatic heterocycles. The monoisotopic (exact) mass is 327 g/mol. The van der Waals surface area contributed by atoms with Gasteiger partial charge in [0.05, 0.1) is 11.1 Å². The molecule has 0 spiro atoms. The maximum atomic E-state index is 12.8. The molecule has 23 heavy (non-hydrogen) atoms. The first kappa shape index (κ1) is 14.2. The van der Waals surface area contributed by atoms with Crippen LogP contribution in [0.15, 0.2) is 35.3 Å². The maximum Gasteiger partial charge on any atom is 0.281 e. The van der Waals surface area contributed by atoms with Crippen molar-refractivity contribution in [3.8, 4) is 5.69 Å². The summed E-state index contributed by atoms with van der Waals surface area (Å²) in [5, 5.41) is 4.13. The number of ketones is 1. The molecule has 0 bridgehead atoms. The zero-order valence-corrected chi connectivity index (χ0v) is 13.2. The average Bonchev–Trinajstić information content (AvgIpc) is 2.85. The van der Waals surface area contributed by atoms with Crippen LogP contribution < -0.4 is 5.56 Å².